The SMILES string of the molecule is COc1cc(N)ccc1CSc1ccc2c(c1)CCC2. The van der Waals surface area contributed by atoms with Crippen LogP contribution < -0.4 is 10.5 Å². The Balaban J connectivity index is 1.73. The molecule has 0 aromatic heterocycles. The first-order chi connectivity index (χ1) is 9.76. The van der Waals surface area contributed by atoms with Crippen molar-refractivity contribution in [3.05, 3.63) is 53.1 Å². The Morgan fingerprint density at radius 3 is 2.80 bits per heavy atom. The van der Waals surface area contributed by atoms with E-state index in [9.17, 15) is 0 Å². The molecule has 3 heteroatoms. The number of hydrogen-bond donors (Lipinski definition) is 1. The van der Waals surface area contributed by atoms with E-state index in [1.807, 2.05) is 23.9 Å². The van der Waals surface area contributed by atoms with Gasteiger partial charge in [0.25, 0.3) is 0 Å². The van der Waals surface area contributed by atoms with Crippen molar-refractivity contribution in [3.8, 4) is 5.75 Å². The maximum Gasteiger partial charge on any atom is 0.124 e. The molecule has 2 aromatic carbocycles. The molecule has 0 amide bonds. The van der Waals surface area contributed by atoms with Crippen molar-refractivity contribution in [1.29, 1.82) is 0 Å². The smallest absolute Gasteiger partial charge is 0.124 e. The lowest BCUT2D eigenvalue weighted by Crippen LogP contribution is -1.93. The van der Waals surface area contributed by atoms with Crippen LogP contribution in [0.1, 0.15) is 23.1 Å². The van der Waals surface area contributed by atoms with Gasteiger partial charge in [-0.05, 0) is 48.6 Å². The molecule has 0 fully saturated rings. The average Bonchev–Trinajstić information content (AvgIpc) is 2.93. The zero-order valence-electron chi connectivity index (χ0n) is 11.7. The standard InChI is InChI=1S/C17H19NOS/c1-19-17-10-15(18)7-5-14(17)11-20-16-8-6-12-3-2-4-13(12)9-16/h5-10H,2-4,11,18H2,1H3. The van der Waals surface area contributed by atoms with Crippen LogP contribution in [0.3, 0.4) is 0 Å². The number of anilines is 1. The van der Waals surface area contributed by atoms with Crippen molar-refractivity contribution in [3.63, 3.8) is 0 Å². The predicted molar refractivity (Wildman–Crippen MR) is 85.4 cm³/mol. The Bertz CT molecular complexity index is 624. The largest absolute Gasteiger partial charge is 0.496 e. The normalized spacial score (nSPS) is 13.2. The van der Waals surface area contributed by atoms with E-state index in [1.165, 1.54) is 40.8 Å². The van der Waals surface area contributed by atoms with Gasteiger partial charge in [0.05, 0.1) is 7.11 Å². The van der Waals surface area contributed by atoms with E-state index < -0.39 is 0 Å². The van der Waals surface area contributed by atoms with Crippen LogP contribution >= 0.6 is 11.8 Å². The van der Waals surface area contributed by atoms with Crippen LogP contribution in [-0.4, -0.2) is 7.11 Å². The minimum absolute atomic E-state index is 0.744. The number of methoxy groups -OCH3 is 1. The molecule has 0 saturated carbocycles. The van der Waals surface area contributed by atoms with Gasteiger partial charge in [0.2, 0.25) is 0 Å². The Morgan fingerprint density at radius 1 is 1.10 bits per heavy atom. The third kappa shape index (κ3) is 2.78. The van der Waals surface area contributed by atoms with Crippen molar-refractivity contribution in [1.82, 2.24) is 0 Å². The van der Waals surface area contributed by atoms with Crippen molar-refractivity contribution < 1.29 is 4.74 Å². The highest BCUT2D eigenvalue weighted by molar-refractivity contribution is 7.98. The highest BCUT2D eigenvalue weighted by Gasteiger charge is 2.11. The van der Waals surface area contributed by atoms with Crippen LogP contribution in [0.15, 0.2) is 41.3 Å². The van der Waals surface area contributed by atoms with Crippen molar-refractivity contribution in [2.45, 2.75) is 29.9 Å². The van der Waals surface area contributed by atoms with Gasteiger partial charge in [0.1, 0.15) is 5.75 Å². The molecule has 0 heterocycles. The summed E-state index contributed by atoms with van der Waals surface area (Å²) in [6.45, 7) is 0. The third-order valence-electron chi connectivity index (χ3n) is 3.78. The molecular formula is C17H19NOS. The first-order valence-electron chi connectivity index (χ1n) is 6.93. The molecule has 0 radical (unpaired) electrons. The summed E-state index contributed by atoms with van der Waals surface area (Å²) in [6.07, 6.45) is 3.77. The summed E-state index contributed by atoms with van der Waals surface area (Å²) in [5, 5.41) is 0. The molecule has 2 nitrogen and oxygen atoms in total. The van der Waals surface area contributed by atoms with Crippen LogP contribution in [-0.2, 0) is 18.6 Å². The minimum atomic E-state index is 0.744. The number of nitrogen functional groups attached to an aromatic ring is 1. The predicted octanol–water partition coefficient (Wildman–Crippen LogP) is 4.06. The van der Waals surface area contributed by atoms with Gasteiger partial charge in [0, 0.05) is 28.0 Å². The molecule has 0 unspecified atom stereocenters. The van der Waals surface area contributed by atoms with Crippen LogP contribution in [0, 0.1) is 0 Å². The van der Waals surface area contributed by atoms with Gasteiger partial charge in [-0.15, -0.1) is 11.8 Å². The zero-order valence-corrected chi connectivity index (χ0v) is 12.5. The van der Waals surface area contributed by atoms with Crippen LogP contribution in [0.2, 0.25) is 0 Å². The lowest BCUT2D eigenvalue weighted by Gasteiger charge is -2.10. The molecule has 20 heavy (non-hydrogen) atoms. The van der Waals surface area contributed by atoms with E-state index in [1.54, 1.807) is 7.11 Å². The van der Waals surface area contributed by atoms with Gasteiger partial charge in [-0.1, -0.05) is 12.1 Å². The summed E-state index contributed by atoms with van der Waals surface area (Å²) < 4.78 is 5.40. The molecule has 2 N–H and O–H groups in total. The Hall–Kier alpha value is -1.61. The number of ether oxygens (including phenoxy) is 1. The Labute approximate surface area is 124 Å². The Kier molecular flexibility index (Phi) is 3.88. The summed E-state index contributed by atoms with van der Waals surface area (Å²) in [6, 6.07) is 12.7. The van der Waals surface area contributed by atoms with Gasteiger partial charge >= 0.3 is 0 Å². The second-order valence-corrected chi connectivity index (χ2v) is 6.19. The van der Waals surface area contributed by atoms with Gasteiger partial charge in [-0.2, -0.15) is 0 Å². The number of rotatable bonds is 4. The lowest BCUT2D eigenvalue weighted by molar-refractivity contribution is 0.411. The Morgan fingerprint density at radius 2 is 1.95 bits per heavy atom. The molecule has 0 atom stereocenters. The van der Waals surface area contributed by atoms with Gasteiger partial charge in [-0.3, -0.25) is 0 Å². The third-order valence-corrected chi connectivity index (χ3v) is 4.82. The fraction of sp³-hybridized carbons (Fsp3) is 0.294. The molecule has 0 aliphatic heterocycles. The number of hydrogen-bond acceptors (Lipinski definition) is 3. The van der Waals surface area contributed by atoms with E-state index in [0.29, 0.717) is 0 Å². The number of fused-ring (bicyclic) bond motifs is 1. The first kappa shape index (κ1) is 13.4. The van der Waals surface area contributed by atoms with Crippen molar-refractivity contribution in [2.75, 3.05) is 12.8 Å². The van der Waals surface area contributed by atoms with Gasteiger partial charge < -0.3 is 10.5 Å². The zero-order chi connectivity index (χ0) is 13.9. The molecule has 1 aliphatic rings. The summed E-state index contributed by atoms with van der Waals surface area (Å²) in [7, 11) is 1.69. The fourth-order valence-electron chi connectivity index (χ4n) is 2.68. The summed E-state index contributed by atoms with van der Waals surface area (Å²) >= 11 is 1.85. The number of benzene rings is 2. The number of thioether (sulfide) groups is 1. The number of aryl methyl sites for hydroxylation is 2. The van der Waals surface area contributed by atoms with Crippen LogP contribution in [0.4, 0.5) is 5.69 Å². The van der Waals surface area contributed by atoms with Gasteiger partial charge in [0.15, 0.2) is 0 Å². The highest BCUT2D eigenvalue weighted by atomic mass is 32.2. The molecule has 0 bridgehead atoms. The lowest BCUT2D eigenvalue weighted by atomic mass is 10.1. The molecule has 3 rings (SSSR count). The van der Waals surface area contributed by atoms with Crippen LogP contribution in [0.25, 0.3) is 0 Å². The quantitative estimate of drug-likeness (QED) is 0.679. The van der Waals surface area contributed by atoms with E-state index in [4.69, 9.17) is 10.5 Å². The molecule has 1 aliphatic carbocycles. The van der Waals surface area contributed by atoms with E-state index in [0.717, 1.165) is 17.2 Å². The highest BCUT2D eigenvalue weighted by Crippen LogP contribution is 2.32. The second kappa shape index (κ2) is 5.80. The molecular weight excluding hydrogens is 266 g/mol. The maximum atomic E-state index is 5.79. The monoisotopic (exact) mass is 285 g/mol. The topological polar surface area (TPSA) is 35.2 Å². The summed E-state index contributed by atoms with van der Waals surface area (Å²) in [5.74, 6) is 1.78. The van der Waals surface area contributed by atoms with E-state index in [-0.39, 0.29) is 0 Å². The van der Waals surface area contributed by atoms with Crippen LogP contribution in [0.5, 0.6) is 5.75 Å². The molecule has 104 valence electrons. The minimum Gasteiger partial charge on any atom is -0.496 e. The number of nitrogens with two attached hydrogens (primary N) is 1. The van der Waals surface area contributed by atoms with E-state index >= 15 is 0 Å². The molecule has 2 aromatic rings. The molecule has 0 spiro atoms. The van der Waals surface area contributed by atoms with E-state index in [2.05, 4.69) is 24.3 Å². The molecule has 0 saturated heterocycles. The second-order valence-electron chi connectivity index (χ2n) is 5.14. The fourth-order valence-corrected chi connectivity index (χ4v) is 3.63. The van der Waals surface area contributed by atoms with Gasteiger partial charge in [-0.25, -0.2) is 0 Å². The summed E-state index contributed by atoms with van der Waals surface area (Å²) in [4.78, 5) is 1.34. The first-order valence-corrected chi connectivity index (χ1v) is 7.92. The van der Waals surface area contributed by atoms with Crippen molar-refractivity contribution >= 4 is 17.4 Å². The average molecular weight is 285 g/mol. The summed E-state index contributed by atoms with van der Waals surface area (Å²) in [5.41, 5.74) is 10.8. The van der Waals surface area contributed by atoms with Crippen molar-refractivity contribution in [2.24, 2.45) is 0 Å². The maximum absolute atomic E-state index is 5.79.